The highest BCUT2D eigenvalue weighted by Gasteiger charge is 2.29. The Morgan fingerprint density at radius 3 is 2.64 bits per heavy atom. The number of hydrogen-bond donors (Lipinski definition) is 0. The van der Waals surface area contributed by atoms with Crippen LogP contribution in [0.1, 0.15) is 24.2 Å². The summed E-state index contributed by atoms with van der Waals surface area (Å²) in [5.74, 6) is 1.60. The van der Waals surface area contributed by atoms with Crippen molar-refractivity contribution in [3.63, 3.8) is 0 Å². The van der Waals surface area contributed by atoms with Gasteiger partial charge in [0, 0.05) is 56.6 Å². The summed E-state index contributed by atoms with van der Waals surface area (Å²) in [5.41, 5.74) is 2.92. The van der Waals surface area contributed by atoms with Gasteiger partial charge in [-0.2, -0.15) is 5.10 Å². The van der Waals surface area contributed by atoms with Crippen LogP contribution in [-0.2, 0) is 17.8 Å². The number of aromatic nitrogens is 5. The van der Waals surface area contributed by atoms with Crippen molar-refractivity contribution in [2.75, 3.05) is 25.5 Å². The Kier molecular flexibility index (Phi) is 4.77. The van der Waals surface area contributed by atoms with Gasteiger partial charge in [0.15, 0.2) is 5.82 Å². The zero-order valence-electron chi connectivity index (χ0n) is 16.3. The van der Waals surface area contributed by atoms with Crippen molar-refractivity contribution in [3.8, 4) is 11.4 Å². The molecular formula is C20H23N7O. The van der Waals surface area contributed by atoms with Gasteiger partial charge in [0.25, 0.3) is 0 Å². The molecule has 0 saturated carbocycles. The number of carbonyl (C=O) groups is 1. The van der Waals surface area contributed by atoms with Crippen LogP contribution in [0.15, 0.2) is 43.0 Å². The van der Waals surface area contributed by atoms with Crippen LogP contribution in [0.5, 0.6) is 0 Å². The molecule has 0 fully saturated rings. The van der Waals surface area contributed by atoms with E-state index < -0.39 is 0 Å². The minimum absolute atomic E-state index is 0.0461. The Bertz CT molecular complexity index is 970. The largest absolute Gasteiger partial charge is 0.362 e. The van der Waals surface area contributed by atoms with Crippen LogP contribution >= 0.6 is 0 Å². The number of amides is 1. The molecule has 0 N–H and O–H groups in total. The SMILES string of the molecule is CC(C(=O)N1CCc2c(nc(-c3ccncc3)nc2N(C)C)C1)n1cccn1. The van der Waals surface area contributed by atoms with Gasteiger partial charge in [-0.3, -0.25) is 14.5 Å². The lowest BCUT2D eigenvalue weighted by Crippen LogP contribution is -2.41. The van der Waals surface area contributed by atoms with E-state index in [4.69, 9.17) is 9.97 Å². The van der Waals surface area contributed by atoms with Crippen molar-refractivity contribution in [1.82, 2.24) is 29.6 Å². The van der Waals surface area contributed by atoms with Gasteiger partial charge in [-0.05, 0) is 31.5 Å². The standard InChI is InChI=1S/C20H23N7O/c1-14(27-11-4-8-22-27)20(28)26-12-7-16-17(13-26)23-18(24-19(16)25(2)3)15-5-9-21-10-6-15/h4-6,8-11,14H,7,12-13H2,1-3H3. The first-order valence-corrected chi connectivity index (χ1v) is 9.30. The summed E-state index contributed by atoms with van der Waals surface area (Å²) in [4.78, 5) is 30.5. The van der Waals surface area contributed by atoms with Crippen LogP contribution in [0.4, 0.5) is 5.82 Å². The summed E-state index contributed by atoms with van der Waals surface area (Å²) < 4.78 is 1.69. The third kappa shape index (κ3) is 3.33. The molecule has 0 aliphatic carbocycles. The number of nitrogens with zero attached hydrogens (tertiary/aromatic N) is 7. The summed E-state index contributed by atoms with van der Waals surface area (Å²) in [6.45, 7) is 3.00. The van der Waals surface area contributed by atoms with Gasteiger partial charge in [0.2, 0.25) is 5.91 Å². The monoisotopic (exact) mass is 377 g/mol. The maximum Gasteiger partial charge on any atom is 0.247 e. The molecule has 1 atom stereocenters. The van der Waals surface area contributed by atoms with E-state index >= 15 is 0 Å². The molecule has 8 nitrogen and oxygen atoms in total. The van der Waals surface area contributed by atoms with Gasteiger partial charge >= 0.3 is 0 Å². The molecule has 1 aliphatic rings. The molecule has 4 heterocycles. The smallest absolute Gasteiger partial charge is 0.247 e. The predicted molar refractivity (Wildman–Crippen MR) is 106 cm³/mol. The predicted octanol–water partition coefficient (Wildman–Crippen LogP) is 1.95. The minimum atomic E-state index is -0.341. The van der Waals surface area contributed by atoms with Crippen molar-refractivity contribution in [1.29, 1.82) is 0 Å². The molecule has 0 radical (unpaired) electrons. The fourth-order valence-corrected chi connectivity index (χ4v) is 3.49. The van der Waals surface area contributed by atoms with Gasteiger partial charge in [-0.15, -0.1) is 0 Å². The van der Waals surface area contributed by atoms with Gasteiger partial charge in [0.05, 0.1) is 12.2 Å². The molecule has 1 aliphatic heterocycles. The Labute approximate surface area is 163 Å². The fraction of sp³-hybridized carbons (Fsp3) is 0.350. The Balaban J connectivity index is 1.67. The summed E-state index contributed by atoms with van der Waals surface area (Å²) >= 11 is 0. The Hall–Kier alpha value is -3.29. The van der Waals surface area contributed by atoms with Gasteiger partial charge < -0.3 is 9.80 Å². The Morgan fingerprint density at radius 2 is 1.96 bits per heavy atom. The molecular weight excluding hydrogens is 354 g/mol. The normalized spacial score (nSPS) is 14.5. The third-order valence-electron chi connectivity index (χ3n) is 5.00. The first-order chi connectivity index (χ1) is 13.5. The molecule has 8 heteroatoms. The second-order valence-electron chi connectivity index (χ2n) is 7.10. The summed E-state index contributed by atoms with van der Waals surface area (Å²) in [7, 11) is 3.96. The second-order valence-corrected chi connectivity index (χ2v) is 7.10. The molecule has 0 aromatic carbocycles. The molecule has 1 amide bonds. The van der Waals surface area contributed by atoms with E-state index in [1.54, 1.807) is 23.3 Å². The Morgan fingerprint density at radius 1 is 1.18 bits per heavy atom. The van der Waals surface area contributed by atoms with Crippen molar-refractivity contribution < 1.29 is 4.79 Å². The molecule has 3 aromatic heterocycles. The van der Waals surface area contributed by atoms with E-state index in [9.17, 15) is 4.79 Å². The van der Waals surface area contributed by atoms with Gasteiger partial charge in [-0.25, -0.2) is 9.97 Å². The molecule has 28 heavy (non-hydrogen) atoms. The molecule has 3 aromatic rings. The van der Waals surface area contributed by atoms with E-state index in [-0.39, 0.29) is 11.9 Å². The third-order valence-corrected chi connectivity index (χ3v) is 5.00. The lowest BCUT2D eigenvalue weighted by atomic mass is 10.0. The molecule has 0 spiro atoms. The van der Waals surface area contributed by atoms with E-state index in [1.807, 2.05) is 55.2 Å². The minimum Gasteiger partial charge on any atom is -0.362 e. The van der Waals surface area contributed by atoms with Crippen molar-refractivity contribution in [2.24, 2.45) is 0 Å². The summed E-state index contributed by atoms with van der Waals surface area (Å²) in [6, 6.07) is 5.28. The van der Waals surface area contributed by atoms with Crippen LogP contribution in [0.3, 0.4) is 0 Å². The zero-order chi connectivity index (χ0) is 19.7. The van der Waals surface area contributed by atoms with E-state index in [1.165, 1.54) is 0 Å². The highest BCUT2D eigenvalue weighted by atomic mass is 16.2. The van der Waals surface area contributed by atoms with Gasteiger partial charge in [-0.1, -0.05) is 0 Å². The number of anilines is 1. The maximum absolute atomic E-state index is 13.0. The van der Waals surface area contributed by atoms with Crippen LogP contribution in [0.25, 0.3) is 11.4 Å². The van der Waals surface area contributed by atoms with Crippen molar-refractivity contribution in [3.05, 3.63) is 54.2 Å². The molecule has 0 saturated heterocycles. The average molecular weight is 377 g/mol. The highest BCUT2D eigenvalue weighted by Crippen LogP contribution is 2.29. The maximum atomic E-state index is 13.0. The lowest BCUT2D eigenvalue weighted by molar-refractivity contribution is -0.135. The molecule has 4 rings (SSSR count). The lowest BCUT2D eigenvalue weighted by Gasteiger charge is -2.32. The quantitative estimate of drug-likeness (QED) is 0.691. The summed E-state index contributed by atoms with van der Waals surface area (Å²) in [5, 5.41) is 4.20. The molecule has 0 bridgehead atoms. The number of pyridine rings is 1. The zero-order valence-corrected chi connectivity index (χ0v) is 16.3. The first kappa shape index (κ1) is 18.1. The topological polar surface area (TPSA) is 80.0 Å². The van der Waals surface area contributed by atoms with Crippen LogP contribution < -0.4 is 4.90 Å². The number of rotatable bonds is 4. The van der Waals surface area contributed by atoms with Gasteiger partial charge in [0.1, 0.15) is 11.9 Å². The number of fused-ring (bicyclic) bond motifs is 1. The molecule has 144 valence electrons. The van der Waals surface area contributed by atoms with Crippen molar-refractivity contribution in [2.45, 2.75) is 25.9 Å². The van der Waals surface area contributed by atoms with Crippen LogP contribution in [0.2, 0.25) is 0 Å². The number of hydrogen-bond acceptors (Lipinski definition) is 6. The van der Waals surface area contributed by atoms with Crippen LogP contribution in [0, 0.1) is 0 Å². The van der Waals surface area contributed by atoms with Crippen molar-refractivity contribution >= 4 is 11.7 Å². The highest BCUT2D eigenvalue weighted by molar-refractivity contribution is 5.80. The molecule has 1 unspecified atom stereocenters. The average Bonchev–Trinajstić information content (AvgIpc) is 3.26. The van der Waals surface area contributed by atoms with Crippen LogP contribution in [-0.4, -0.2) is 56.2 Å². The fourth-order valence-electron chi connectivity index (χ4n) is 3.49. The van der Waals surface area contributed by atoms with E-state index in [0.717, 1.165) is 29.1 Å². The number of carbonyl (C=O) groups excluding carboxylic acids is 1. The van der Waals surface area contributed by atoms with E-state index in [2.05, 4.69) is 10.1 Å². The first-order valence-electron chi connectivity index (χ1n) is 9.30. The van der Waals surface area contributed by atoms with E-state index in [0.29, 0.717) is 18.9 Å². The summed E-state index contributed by atoms with van der Waals surface area (Å²) in [6.07, 6.45) is 7.70. The second kappa shape index (κ2) is 7.38.